The molecule has 11 nitrogen and oxygen atoms in total. The van der Waals surface area contributed by atoms with Gasteiger partial charge in [0.05, 0.1) is 35.3 Å². The fraction of sp³-hybridized carbons (Fsp3) is 0.448. The number of carbonyl (C=O) groups is 3. The van der Waals surface area contributed by atoms with Crippen molar-refractivity contribution < 1.29 is 22.8 Å². The zero-order chi connectivity index (χ0) is 31.2. The van der Waals surface area contributed by atoms with Crippen LogP contribution < -0.4 is 11.0 Å². The third-order valence-electron chi connectivity index (χ3n) is 7.00. The molecule has 0 bridgehead atoms. The molecule has 1 saturated heterocycles. The Morgan fingerprint density at radius 2 is 1.79 bits per heavy atom. The quantitative estimate of drug-likeness (QED) is 0.341. The van der Waals surface area contributed by atoms with E-state index in [0.717, 1.165) is 15.1 Å². The van der Waals surface area contributed by atoms with Crippen molar-refractivity contribution in [1.29, 1.82) is 0 Å². The first-order valence-electron chi connectivity index (χ1n) is 13.4. The summed E-state index contributed by atoms with van der Waals surface area (Å²) in [7, 11) is -3.64. The first kappa shape index (κ1) is 33.1. The topological polar surface area (TPSA) is 140 Å². The number of nitrogens with one attached hydrogen (secondary N) is 1. The molecule has 1 aromatic carbocycles. The van der Waals surface area contributed by atoms with E-state index in [9.17, 15) is 27.6 Å². The number of pyridine rings is 1. The van der Waals surface area contributed by atoms with Gasteiger partial charge < -0.3 is 10.1 Å². The molecule has 228 valence electrons. The molecule has 1 amide bonds. The molecular weight excluding hydrogens is 845 g/mol. The Labute approximate surface area is 249 Å². The number of aromatic nitrogens is 3. The van der Waals surface area contributed by atoms with E-state index in [4.69, 9.17) is 0 Å². The Balaban J connectivity index is 0.00000506. The molecule has 0 spiro atoms. The summed E-state index contributed by atoms with van der Waals surface area (Å²) >= 11 is 1.36. The van der Waals surface area contributed by atoms with Crippen molar-refractivity contribution in [3.05, 3.63) is 65.1 Å². The molecule has 3 aromatic rings. The van der Waals surface area contributed by atoms with Crippen LogP contribution in [0.5, 0.6) is 0 Å². The van der Waals surface area contributed by atoms with Gasteiger partial charge in [-0.2, -0.15) is 4.31 Å². The molecular formula is C29H36N5O6RfS2-. The van der Waals surface area contributed by atoms with E-state index in [1.165, 1.54) is 29.7 Å². The van der Waals surface area contributed by atoms with E-state index in [0.29, 0.717) is 22.4 Å². The number of rotatable bonds is 8. The molecule has 43 heavy (non-hydrogen) atoms. The van der Waals surface area contributed by atoms with Crippen LogP contribution in [0.2, 0.25) is 0 Å². The van der Waals surface area contributed by atoms with Gasteiger partial charge in [-0.3, -0.25) is 20.6 Å². The van der Waals surface area contributed by atoms with Gasteiger partial charge in [0.1, 0.15) is 6.04 Å². The summed E-state index contributed by atoms with van der Waals surface area (Å²) in [5.41, 5.74) is 0.906. The van der Waals surface area contributed by atoms with E-state index in [2.05, 4.69) is 10.3 Å². The Kier molecular flexibility index (Phi) is 9.00. The Morgan fingerprint density at radius 3 is 2.35 bits per heavy atom. The predicted octanol–water partition coefficient (Wildman–Crippen LogP) is 2.81. The van der Waals surface area contributed by atoms with Crippen molar-refractivity contribution in [3.8, 4) is 5.69 Å². The number of Topliss-reactive ketones (excluding diaryl/α,β-unsaturated/α-hetero) is 1. The summed E-state index contributed by atoms with van der Waals surface area (Å²) in [5, 5.41) is 2.76. The van der Waals surface area contributed by atoms with Crippen molar-refractivity contribution >= 4 is 50.5 Å². The van der Waals surface area contributed by atoms with Gasteiger partial charge >= 0.3 is 5.69 Å². The van der Waals surface area contributed by atoms with Gasteiger partial charge in [0.15, 0.2) is 11.4 Å². The number of hydrogen-bond acceptors (Lipinski definition) is 8. The van der Waals surface area contributed by atoms with Crippen LogP contribution in [-0.2, 0) is 26.0 Å². The zero-order valence-electron chi connectivity index (χ0n) is 25.4. The zero-order valence-corrected chi connectivity index (χ0v) is 33.5. The van der Waals surface area contributed by atoms with Crippen LogP contribution in [0.15, 0.2) is 47.4 Å². The van der Waals surface area contributed by atoms with Crippen LogP contribution in [0.1, 0.15) is 51.9 Å². The van der Waals surface area contributed by atoms with Crippen LogP contribution in [0, 0.1) is 11.8 Å². The molecule has 2 atom stereocenters. The van der Waals surface area contributed by atoms with E-state index in [1.807, 2.05) is 20.8 Å². The molecule has 3 heterocycles. The number of ketones is 1. The smallest absolute Gasteiger partial charge is 0.339 e. The van der Waals surface area contributed by atoms with E-state index in [-0.39, 0.29) is 18.1 Å². The summed E-state index contributed by atoms with van der Waals surface area (Å²) < 4.78 is 27.6. The molecule has 1 aliphatic heterocycles. The van der Waals surface area contributed by atoms with Gasteiger partial charge in [-0.1, -0.05) is 32.9 Å². The SMILES string of the molecule is CC(=O)[C@H](Cc1ccc(-n2c(=O)n(C(=O)[CH-]C(C)(C)C)c3cccnc32)cc1)NC(=O)C1N(S(C)(=O)=O)CSC1(C)C.[Rf]. The molecule has 4 rings (SSSR count). The van der Waals surface area contributed by atoms with Crippen LogP contribution in [0.25, 0.3) is 16.9 Å². The van der Waals surface area contributed by atoms with Crippen molar-refractivity contribution in [1.82, 2.24) is 23.7 Å². The first-order valence-corrected chi connectivity index (χ1v) is 16.2. The van der Waals surface area contributed by atoms with Gasteiger partial charge in [-0.05, 0) is 57.0 Å². The second-order valence-corrected chi connectivity index (χ2v) is 15.7. The largest absolute Gasteiger partial charge is 0.345 e. The van der Waals surface area contributed by atoms with Gasteiger partial charge in [0.2, 0.25) is 15.9 Å². The Morgan fingerprint density at radius 1 is 1.16 bits per heavy atom. The second kappa shape index (κ2) is 11.7. The van der Waals surface area contributed by atoms with Crippen LogP contribution in [0.3, 0.4) is 0 Å². The average molecular weight is 882 g/mol. The molecule has 1 aliphatic rings. The average Bonchev–Trinajstić information content (AvgIpc) is 3.35. The van der Waals surface area contributed by atoms with Crippen molar-refractivity contribution in [2.24, 2.45) is 5.41 Å². The third-order valence-corrected chi connectivity index (χ3v) is 9.73. The van der Waals surface area contributed by atoms with Crippen LogP contribution >= 0.6 is 11.8 Å². The van der Waals surface area contributed by atoms with Crippen molar-refractivity contribution in [2.75, 3.05) is 12.1 Å². The molecule has 1 fully saturated rings. The number of amides is 1. The maximum Gasteiger partial charge on any atom is 0.339 e. The number of fused-ring (bicyclic) bond motifs is 1. The number of nitrogens with zero attached hydrogens (tertiary/aromatic N) is 4. The number of benzene rings is 1. The number of carbonyl (C=O) groups excluding carboxylic acids is 3. The maximum absolute atomic E-state index is 13.5. The van der Waals surface area contributed by atoms with E-state index >= 15 is 0 Å². The molecule has 2 aromatic heterocycles. The summed E-state index contributed by atoms with van der Waals surface area (Å²) in [4.78, 5) is 56.7. The van der Waals surface area contributed by atoms with Gasteiger partial charge in [0, 0.05) is 10.9 Å². The number of hydrogen-bond donors (Lipinski definition) is 1. The van der Waals surface area contributed by atoms with E-state index < -0.39 is 49.8 Å². The minimum atomic E-state index is -3.64. The van der Waals surface area contributed by atoms with Crippen LogP contribution in [0.4, 0.5) is 0 Å². The molecule has 0 aliphatic carbocycles. The van der Waals surface area contributed by atoms with Crippen LogP contribution in [-0.4, -0.2) is 73.4 Å². The van der Waals surface area contributed by atoms with Crippen molar-refractivity contribution in [2.45, 2.75) is 64.8 Å². The predicted molar refractivity (Wildman–Crippen MR) is 163 cm³/mol. The monoisotopic (exact) mass is 881 g/mol. The maximum atomic E-state index is 13.5. The first-order chi connectivity index (χ1) is 19.4. The summed E-state index contributed by atoms with van der Waals surface area (Å²) in [6, 6.07) is 8.32. The Bertz CT molecular complexity index is 1710. The Hall–Kier alpha value is -4.42. The summed E-state index contributed by atoms with van der Waals surface area (Å²) in [5.74, 6) is -1.10. The minimum absolute atomic E-state index is 0. The molecule has 0 radical (unpaired) electrons. The van der Waals surface area contributed by atoms with Gasteiger partial charge in [-0.15, -0.1) is 17.2 Å². The van der Waals surface area contributed by atoms with Crippen molar-refractivity contribution in [3.63, 3.8) is 0 Å². The molecule has 0 saturated carbocycles. The minimum Gasteiger partial charge on any atom is -0.345 e. The third kappa shape index (κ3) is 6.81. The normalized spacial score (nSPS) is 17.7. The fourth-order valence-electron chi connectivity index (χ4n) is 4.94. The molecule has 14 heteroatoms. The number of thioether (sulfide) groups is 1. The number of sulfonamides is 1. The summed E-state index contributed by atoms with van der Waals surface area (Å²) in [6.45, 7) is 10.6. The summed E-state index contributed by atoms with van der Waals surface area (Å²) in [6.07, 6.45) is 4.26. The second-order valence-electron chi connectivity index (χ2n) is 12.1. The van der Waals surface area contributed by atoms with Gasteiger partial charge in [0.25, 0.3) is 0 Å². The van der Waals surface area contributed by atoms with Gasteiger partial charge in [-0.25, -0.2) is 22.8 Å². The standard InChI is InChI=1S/C29H36N5O6S2.Rf/c1-18(35)21(31-26(37)24-29(5,6)41-17-32(24)42(7,39)40)15-19-10-12-20(13-11-19)33-25-22(9-8-14-30-25)34(27(33)38)23(36)16-28(2,3)4;/h8-14,16,21,24H,15,17H2,1-7H3,(H,31,37);/q-1;/t21-,24?;/m0./s1. The molecule has 1 unspecified atom stereocenters. The fourth-order valence-corrected chi connectivity index (χ4v) is 7.67. The number of imidazole rings is 1. The molecule has 1 N–H and O–H groups in total. The van der Waals surface area contributed by atoms with E-state index in [1.54, 1.807) is 56.4 Å².